The molecule has 0 aromatic heterocycles. The minimum Gasteiger partial charge on any atom is -0.399 e. The van der Waals surface area contributed by atoms with Crippen molar-refractivity contribution in [2.75, 3.05) is 17.2 Å². The van der Waals surface area contributed by atoms with Gasteiger partial charge in [-0.3, -0.25) is 4.79 Å². The van der Waals surface area contributed by atoms with Crippen molar-refractivity contribution in [3.63, 3.8) is 0 Å². The maximum atomic E-state index is 12.4. The van der Waals surface area contributed by atoms with E-state index in [4.69, 9.17) is 5.73 Å². The van der Waals surface area contributed by atoms with Crippen molar-refractivity contribution in [3.05, 3.63) is 23.8 Å². The summed E-state index contributed by atoms with van der Waals surface area (Å²) in [5, 5.41) is 0. The van der Waals surface area contributed by atoms with Crippen molar-refractivity contribution in [2.24, 2.45) is 5.92 Å². The van der Waals surface area contributed by atoms with Gasteiger partial charge in [0, 0.05) is 23.8 Å². The number of aryl methyl sites for hydroxylation is 1. The van der Waals surface area contributed by atoms with Crippen molar-refractivity contribution >= 4 is 17.3 Å². The molecule has 98 valence electrons. The summed E-state index contributed by atoms with van der Waals surface area (Å²) in [5.74, 6) is 0.362. The highest BCUT2D eigenvalue weighted by Gasteiger charge is 2.25. The van der Waals surface area contributed by atoms with Crippen molar-refractivity contribution in [3.8, 4) is 0 Å². The van der Waals surface area contributed by atoms with Gasteiger partial charge in [-0.2, -0.15) is 0 Å². The maximum absolute atomic E-state index is 12.4. The van der Waals surface area contributed by atoms with Crippen LogP contribution < -0.4 is 10.6 Å². The summed E-state index contributed by atoms with van der Waals surface area (Å²) in [4.78, 5) is 14.4. The Balaban J connectivity index is 2.24. The number of carbonyl (C=O) groups excluding carboxylic acids is 1. The van der Waals surface area contributed by atoms with E-state index < -0.39 is 0 Å². The minimum atomic E-state index is 0.110. The van der Waals surface area contributed by atoms with Crippen LogP contribution in [-0.4, -0.2) is 12.5 Å². The number of carbonyl (C=O) groups is 1. The van der Waals surface area contributed by atoms with Crippen molar-refractivity contribution in [1.29, 1.82) is 0 Å². The fraction of sp³-hybridized carbons (Fsp3) is 0.533. The Bertz CT molecular complexity index is 442. The standard InChI is InChI=1S/C15H22N2O/c1-3-5-11(2)15(18)17-9-4-6-12-10-13(16)7-8-14(12)17/h7-8,10-11H,3-6,9,16H2,1-2H3. The molecule has 1 atom stereocenters. The second kappa shape index (κ2) is 5.42. The third kappa shape index (κ3) is 2.50. The largest absolute Gasteiger partial charge is 0.399 e. The summed E-state index contributed by atoms with van der Waals surface area (Å²) < 4.78 is 0. The average molecular weight is 246 g/mol. The summed E-state index contributed by atoms with van der Waals surface area (Å²) in [6.45, 7) is 4.98. The number of benzene rings is 1. The third-order valence-corrected chi connectivity index (χ3v) is 3.63. The predicted octanol–water partition coefficient (Wildman–Crippen LogP) is 2.98. The van der Waals surface area contributed by atoms with Crippen LogP contribution in [0.5, 0.6) is 0 Å². The first-order valence-electron chi connectivity index (χ1n) is 6.83. The summed E-state index contributed by atoms with van der Waals surface area (Å²) in [6.07, 6.45) is 4.06. The molecule has 2 N–H and O–H groups in total. The lowest BCUT2D eigenvalue weighted by Crippen LogP contribution is -2.38. The van der Waals surface area contributed by atoms with Gasteiger partial charge >= 0.3 is 0 Å². The molecule has 3 heteroatoms. The topological polar surface area (TPSA) is 46.3 Å². The summed E-state index contributed by atoms with van der Waals surface area (Å²) >= 11 is 0. The SMILES string of the molecule is CCCC(C)C(=O)N1CCCc2cc(N)ccc21. The number of amides is 1. The molecule has 1 aromatic rings. The number of nitrogens with zero attached hydrogens (tertiary/aromatic N) is 1. The molecular weight excluding hydrogens is 224 g/mol. The van der Waals surface area contributed by atoms with Crippen molar-refractivity contribution < 1.29 is 4.79 Å². The predicted molar refractivity (Wildman–Crippen MR) is 75.6 cm³/mol. The highest BCUT2D eigenvalue weighted by Crippen LogP contribution is 2.30. The summed E-state index contributed by atoms with van der Waals surface area (Å²) in [6, 6.07) is 5.87. The second-order valence-corrected chi connectivity index (χ2v) is 5.17. The lowest BCUT2D eigenvalue weighted by Gasteiger charge is -2.31. The van der Waals surface area contributed by atoms with E-state index in [9.17, 15) is 4.79 Å². The summed E-state index contributed by atoms with van der Waals surface area (Å²) in [5.41, 5.74) is 8.86. The Kier molecular flexibility index (Phi) is 3.90. The van der Waals surface area contributed by atoms with Crippen LogP contribution in [0.4, 0.5) is 11.4 Å². The highest BCUT2D eigenvalue weighted by atomic mass is 16.2. The second-order valence-electron chi connectivity index (χ2n) is 5.17. The van der Waals surface area contributed by atoms with Gasteiger partial charge in [0.2, 0.25) is 5.91 Å². The number of nitrogens with two attached hydrogens (primary N) is 1. The van der Waals surface area contributed by atoms with E-state index in [1.807, 2.05) is 30.0 Å². The Morgan fingerprint density at radius 3 is 3.00 bits per heavy atom. The van der Waals surface area contributed by atoms with Gasteiger partial charge < -0.3 is 10.6 Å². The average Bonchev–Trinajstić information content (AvgIpc) is 2.37. The van der Waals surface area contributed by atoms with Crippen molar-refractivity contribution in [1.82, 2.24) is 0 Å². The molecule has 1 amide bonds. The molecule has 1 unspecified atom stereocenters. The van der Waals surface area contributed by atoms with E-state index >= 15 is 0 Å². The normalized spacial score (nSPS) is 16.2. The molecule has 2 rings (SSSR count). The van der Waals surface area contributed by atoms with Gasteiger partial charge in [0.05, 0.1) is 0 Å². The lowest BCUT2D eigenvalue weighted by molar-refractivity contribution is -0.122. The molecule has 1 aliphatic rings. The van der Waals surface area contributed by atoms with Crippen LogP contribution in [0.1, 0.15) is 38.7 Å². The molecular formula is C15H22N2O. The Hall–Kier alpha value is -1.51. The number of anilines is 2. The van der Waals surface area contributed by atoms with Crippen molar-refractivity contribution in [2.45, 2.75) is 39.5 Å². The Morgan fingerprint density at radius 1 is 1.50 bits per heavy atom. The van der Waals surface area contributed by atoms with E-state index in [2.05, 4.69) is 6.92 Å². The number of hydrogen-bond acceptors (Lipinski definition) is 2. The maximum Gasteiger partial charge on any atom is 0.229 e. The first-order valence-corrected chi connectivity index (χ1v) is 6.83. The zero-order valence-electron chi connectivity index (χ0n) is 11.3. The van der Waals surface area contributed by atoms with E-state index in [0.717, 1.165) is 43.6 Å². The molecule has 1 heterocycles. The molecule has 1 aliphatic heterocycles. The smallest absolute Gasteiger partial charge is 0.229 e. The molecule has 18 heavy (non-hydrogen) atoms. The van der Waals surface area contributed by atoms with Gasteiger partial charge in [0.1, 0.15) is 0 Å². The van der Waals surface area contributed by atoms with Gasteiger partial charge in [0.15, 0.2) is 0 Å². The van der Waals surface area contributed by atoms with Gasteiger partial charge in [-0.15, -0.1) is 0 Å². The van der Waals surface area contributed by atoms with E-state index in [1.165, 1.54) is 5.56 Å². The Morgan fingerprint density at radius 2 is 2.28 bits per heavy atom. The monoisotopic (exact) mass is 246 g/mol. The fourth-order valence-electron chi connectivity index (χ4n) is 2.67. The van der Waals surface area contributed by atoms with Crippen LogP contribution in [0.25, 0.3) is 0 Å². The number of rotatable bonds is 3. The quantitative estimate of drug-likeness (QED) is 0.833. The molecule has 0 spiro atoms. The van der Waals surface area contributed by atoms with E-state index in [-0.39, 0.29) is 11.8 Å². The fourth-order valence-corrected chi connectivity index (χ4v) is 2.67. The Labute approximate surface area is 109 Å². The van der Waals surface area contributed by atoms with Crippen LogP contribution in [0.3, 0.4) is 0 Å². The molecule has 1 aromatic carbocycles. The first-order chi connectivity index (χ1) is 8.63. The molecule has 0 saturated carbocycles. The van der Waals surface area contributed by atoms with Crippen LogP contribution in [0.2, 0.25) is 0 Å². The summed E-state index contributed by atoms with van der Waals surface area (Å²) in [7, 11) is 0. The molecule has 0 saturated heterocycles. The zero-order chi connectivity index (χ0) is 13.1. The number of fused-ring (bicyclic) bond motifs is 1. The first kappa shape index (κ1) is 12.9. The van der Waals surface area contributed by atoms with Crippen LogP contribution >= 0.6 is 0 Å². The van der Waals surface area contributed by atoms with Gasteiger partial charge in [-0.1, -0.05) is 20.3 Å². The molecule has 0 radical (unpaired) electrons. The van der Waals surface area contributed by atoms with E-state index in [0.29, 0.717) is 0 Å². The highest BCUT2D eigenvalue weighted by molar-refractivity contribution is 5.96. The van der Waals surface area contributed by atoms with Gasteiger partial charge in [-0.25, -0.2) is 0 Å². The molecule has 3 nitrogen and oxygen atoms in total. The third-order valence-electron chi connectivity index (χ3n) is 3.63. The van der Waals surface area contributed by atoms with E-state index in [1.54, 1.807) is 0 Å². The van der Waals surface area contributed by atoms with Crippen LogP contribution in [0, 0.1) is 5.92 Å². The van der Waals surface area contributed by atoms with Gasteiger partial charge in [0.25, 0.3) is 0 Å². The molecule has 0 fully saturated rings. The van der Waals surface area contributed by atoms with Crippen LogP contribution in [-0.2, 0) is 11.2 Å². The number of nitrogen functional groups attached to an aromatic ring is 1. The van der Waals surface area contributed by atoms with Crippen LogP contribution in [0.15, 0.2) is 18.2 Å². The molecule has 0 aliphatic carbocycles. The number of hydrogen-bond donors (Lipinski definition) is 1. The molecule has 0 bridgehead atoms. The zero-order valence-corrected chi connectivity index (χ0v) is 11.3. The minimum absolute atomic E-state index is 0.110. The van der Waals surface area contributed by atoms with Gasteiger partial charge in [-0.05, 0) is 43.0 Å². The lowest BCUT2D eigenvalue weighted by atomic mass is 9.98.